The first kappa shape index (κ1) is 17.6. The van der Waals surface area contributed by atoms with Crippen molar-refractivity contribution in [2.24, 2.45) is 0 Å². The molecule has 0 radical (unpaired) electrons. The number of aromatic nitrogens is 1. The number of anilines is 2. The van der Waals surface area contributed by atoms with E-state index < -0.39 is 5.97 Å². The highest BCUT2D eigenvalue weighted by Gasteiger charge is 2.23. The van der Waals surface area contributed by atoms with E-state index >= 15 is 0 Å². The number of carboxylic acid groups (broad SMARTS) is 1. The quantitative estimate of drug-likeness (QED) is 0.468. The number of benzene rings is 2. The minimum absolute atomic E-state index is 0.338. The van der Waals surface area contributed by atoms with Crippen molar-refractivity contribution in [1.82, 2.24) is 4.98 Å². The summed E-state index contributed by atoms with van der Waals surface area (Å²) in [5, 5.41) is 12.8. The summed E-state index contributed by atoms with van der Waals surface area (Å²) in [5.41, 5.74) is 6.46. The number of nitrogens with zero attached hydrogens (tertiary/aromatic N) is 2. The Morgan fingerprint density at radius 2 is 1.93 bits per heavy atom. The van der Waals surface area contributed by atoms with Crippen LogP contribution in [0.1, 0.15) is 27.2 Å². The SMILES string of the molecule is CN(c1ccccc1)c1cccc2c(C3=Cc4nccc(C(=O)O)c4C3)csc12. The summed E-state index contributed by atoms with van der Waals surface area (Å²) in [4.78, 5) is 18.1. The normalized spacial score (nSPS) is 12.7. The first-order valence-corrected chi connectivity index (χ1v) is 10.2. The number of para-hydroxylation sites is 1. The zero-order valence-electron chi connectivity index (χ0n) is 15.8. The molecular weight excluding hydrogens is 380 g/mol. The van der Waals surface area contributed by atoms with E-state index in [1.807, 2.05) is 24.3 Å². The van der Waals surface area contributed by atoms with Gasteiger partial charge in [-0.15, -0.1) is 11.3 Å². The minimum Gasteiger partial charge on any atom is -0.478 e. The van der Waals surface area contributed by atoms with E-state index in [1.165, 1.54) is 10.1 Å². The zero-order chi connectivity index (χ0) is 20.0. The molecule has 0 saturated heterocycles. The van der Waals surface area contributed by atoms with E-state index in [4.69, 9.17) is 0 Å². The lowest BCUT2D eigenvalue weighted by atomic mass is 10.0. The molecule has 142 valence electrons. The molecule has 0 amide bonds. The van der Waals surface area contributed by atoms with Gasteiger partial charge < -0.3 is 10.0 Å². The Morgan fingerprint density at radius 3 is 2.72 bits per heavy atom. The van der Waals surface area contributed by atoms with Gasteiger partial charge in [0.1, 0.15) is 0 Å². The predicted octanol–water partition coefficient (Wildman–Crippen LogP) is 5.86. The molecule has 2 aromatic carbocycles. The summed E-state index contributed by atoms with van der Waals surface area (Å²) in [6, 6.07) is 18.2. The lowest BCUT2D eigenvalue weighted by Gasteiger charge is -2.20. The number of hydrogen-bond acceptors (Lipinski definition) is 4. The molecule has 1 N–H and O–H groups in total. The van der Waals surface area contributed by atoms with E-state index in [0.717, 1.165) is 33.8 Å². The number of carboxylic acids is 1. The Labute approximate surface area is 172 Å². The third kappa shape index (κ3) is 2.91. The lowest BCUT2D eigenvalue weighted by molar-refractivity contribution is 0.0695. The van der Waals surface area contributed by atoms with Crippen molar-refractivity contribution in [1.29, 1.82) is 0 Å². The standard InChI is InChI=1S/C24H18N2O2S/c1-26(16-6-3-2-4-7-16)22-9-5-8-17-20(14-29-23(17)22)15-12-19-18(24(27)28)10-11-25-21(19)13-15/h2-11,13-14H,12H2,1H3,(H,27,28). The zero-order valence-corrected chi connectivity index (χ0v) is 16.6. The van der Waals surface area contributed by atoms with Gasteiger partial charge in [-0.3, -0.25) is 4.98 Å². The molecule has 5 rings (SSSR count). The van der Waals surface area contributed by atoms with Crippen molar-refractivity contribution in [3.05, 3.63) is 88.6 Å². The van der Waals surface area contributed by atoms with Crippen LogP contribution < -0.4 is 4.90 Å². The van der Waals surface area contributed by atoms with Crippen LogP contribution in [0.5, 0.6) is 0 Å². The number of hydrogen-bond donors (Lipinski definition) is 1. The molecule has 0 aliphatic heterocycles. The largest absolute Gasteiger partial charge is 0.478 e. The lowest BCUT2D eigenvalue weighted by Crippen LogP contribution is -2.09. The van der Waals surface area contributed by atoms with Crippen molar-refractivity contribution in [2.75, 3.05) is 11.9 Å². The third-order valence-corrected chi connectivity index (χ3v) is 6.45. The number of rotatable bonds is 4. The molecule has 29 heavy (non-hydrogen) atoms. The molecule has 0 spiro atoms. The second kappa shape index (κ2) is 6.87. The first-order chi connectivity index (χ1) is 14.1. The van der Waals surface area contributed by atoms with Gasteiger partial charge in [-0.1, -0.05) is 30.3 Å². The Balaban J connectivity index is 1.57. The van der Waals surface area contributed by atoms with Crippen LogP contribution in [0.4, 0.5) is 11.4 Å². The van der Waals surface area contributed by atoms with Gasteiger partial charge >= 0.3 is 5.97 Å². The molecule has 1 aliphatic rings. The molecule has 4 nitrogen and oxygen atoms in total. The topological polar surface area (TPSA) is 53.4 Å². The van der Waals surface area contributed by atoms with E-state index in [2.05, 4.69) is 52.6 Å². The summed E-state index contributed by atoms with van der Waals surface area (Å²) >= 11 is 1.72. The summed E-state index contributed by atoms with van der Waals surface area (Å²) in [5.74, 6) is -0.903. The molecule has 4 aromatic rings. The van der Waals surface area contributed by atoms with Crippen LogP contribution in [0.15, 0.2) is 66.2 Å². The average molecular weight is 398 g/mol. The second-order valence-corrected chi connectivity index (χ2v) is 7.95. The summed E-state index contributed by atoms with van der Waals surface area (Å²) in [6.07, 6.45) is 4.19. The van der Waals surface area contributed by atoms with Crippen LogP contribution in [-0.4, -0.2) is 23.1 Å². The van der Waals surface area contributed by atoms with Crippen molar-refractivity contribution in [3.8, 4) is 0 Å². The highest BCUT2D eigenvalue weighted by Crippen LogP contribution is 2.42. The predicted molar refractivity (Wildman–Crippen MR) is 119 cm³/mol. The highest BCUT2D eigenvalue weighted by atomic mass is 32.1. The molecule has 2 heterocycles. The molecule has 0 saturated carbocycles. The van der Waals surface area contributed by atoms with Gasteiger partial charge in [-0.2, -0.15) is 0 Å². The summed E-state index contributed by atoms with van der Waals surface area (Å²) in [7, 11) is 2.08. The van der Waals surface area contributed by atoms with Crippen LogP contribution in [-0.2, 0) is 6.42 Å². The molecule has 0 fully saturated rings. The van der Waals surface area contributed by atoms with Gasteiger partial charge in [0.15, 0.2) is 0 Å². The van der Waals surface area contributed by atoms with Crippen molar-refractivity contribution < 1.29 is 9.90 Å². The monoisotopic (exact) mass is 398 g/mol. The number of aromatic carboxylic acids is 1. The van der Waals surface area contributed by atoms with E-state index in [0.29, 0.717) is 12.0 Å². The Kier molecular flexibility index (Phi) is 4.18. The van der Waals surface area contributed by atoms with Crippen molar-refractivity contribution in [3.63, 3.8) is 0 Å². The Morgan fingerprint density at radius 1 is 1.10 bits per heavy atom. The molecule has 0 atom stereocenters. The molecular formula is C24H18N2O2S. The number of carbonyl (C=O) groups is 1. The highest BCUT2D eigenvalue weighted by molar-refractivity contribution is 7.18. The molecule has 0 bridgehead atoms. The molecule has 2 aromatic heterocycles. The number of thiophene rings is 1. The maximum atomic E-state index is 11.6. The van der Waals surface area contributed by atoms with Crippen LogP contribution in [0, 0.1) is 0 Å². The van der Waals surface area contributed by atoms with Crippen LogP contribution >= 0.6 is 11.3 Å². The number of fused-ring (bicyclic) bond motifs is 2. The van der Waals surface area contributed by atoms with E-state index in [9.17, 15) is 9.90 Å². The van der Waals surface area contributed by atoms with Crippen LogP contribution in [0.3, 0.4) is 0 Å². The molecule has 1 aliphatic carbocycles. The Bertz CT molecular complexity index is 1270. The van der Waals surface area contributed by atoms with Gasteiger partial charge in [0.25, 0.3) is 0 Å². The fourth-order valence-electron chi connectivity index (χ4n) is 3.94. The van der Waals surface area contributed by atoms with Crippen molar-refractivity contribution in [2.45, 2.75) is 6.42 Å². The number of pyridine rings is 1. The van der Waals surface area contributed by atoms with E-state index in [1.54, 1.807) is 23.6 Å². The van der Waals surface area contributed by atoms with Gasteiger partial charge in [0, 0.05) is 30.7 Å². The maximum absolute atomic E-state index is 11.6. The molecule has 5 heteroatoms. The second-order valence-electron chi connectivity index (χ2n) is 7.07. The Hall–Kier alpha value is -3.44. The summed E-state index contributed by atoms with van der Waals surface area (Å²) < 4.78 is 1.22. The van der Waals surface area contributed by atoms with Crippen molar-refractivity contribution >= 4 is 50.4 Å². The fourth-order valence-corrected chi connectivity index (χ4v) is 5.09. The van der Waals surface area contributed by atoms with E-state index in [-0.39, 0.29) is 0 Å². The van der Waals surface area contributed by atoms with Gasteiger partial charge in [-0.25, -0.2) is 4.79 Å². The van der Waals surface area contributed by atoms with Gasteiger partial charge in [0.05, 0.1) is 21.6 Å². The smallest absolute Gasteiger partial charge is 0.336 e. The van der Waals surface area contributed by atoms with Crippen LogP contribution in [0.2, 0.25) is 0 Å². The number of allylic oxidation sites excluding steroid dienone is 1. The first-order valence-electron chi connectivity index (χ1n) is 9.34. The third-order valence-electron chi connectivity index (χ3n) is 5.43. The minimum atomic E-state index is -0.903. The molecule has 0 unspecified atom stereocenters. The van der Waals surface area contributed by atoms with Gasteiger partial charge in [-0.05, 0) is 52.4 Å². The fraction of sp³-hybridized carbons (Fsp3) is 0.0833. The maximum Gasteiger partial charge on any atom is 0.336 e. The van der Waals surface area contributed by atoms with Crippen LogP contribution in [0.25, 0.3) is 21.7 Å². The summed E-state index contributed by atoms with van der Waals surface area (Å²) in [6.45, 7) is 0. The average Bonchev–Trinajstić information content (AvgIpc) is 3.37. The van der Waals surface area contributed by atoms with Gasteiger partial charge in [0.2, 0.25) is 0 Å².